The van der Waals surface area contributed by atoms with Crippen LogP contribution in [-0.4, -0.2) is 66.9 Å². The van der Waals surface area contributed by atoms with Crippen molar-refractivity contribution in [1.29, 1.82) is 0 Å². The van der Waals surface area contributed by atoms with E-state index >= 15 is 0 Å². The molecule has 2 heterocycles. The van der Waals surface area contributed by atoms with Gasteiger partial charge in [0.05, 0.1) is 5.02 Å². The van der Waals surface area contributed by atoms with Gasteiger partial charge in [0.15, 0.2) is 5.82 Å². The molecule has 3 aliphatic rings. The molecule has 1 unspecified atom stereocenters. The molecule has 4 rings (SSSR count). The smallest absolute Gasteiger partial charge is 0.408 e. The van der Waals surface area contributed by atoms with Gasteiger partial charge >= 0.3 is 6.09 Å². The predicted octanol–water partition coefficient (Wildman–Crippen LogP) is 3.56. The first kappa shape index (κ1) is 32.7. The quantitative estimate of drug-likeness (QED) is 0.426. The van der Waals surface area contributed by atoms with Gasteiger partial charge in [-0.3, -0.25) is 14.4 Å². The van der Waals surface area contributed by atoms with Crippen molar-refractivity contribution in [2.24, 2.45) is 5.92 Å². The lowest BCUT2D eigenvalue weighted by Crippen LogP contribution is -2.58. The van der Waals surface area contributed by atoms with Crippen LogP contribution in [0.5, 0.6) is 0 Å². The number of allylic oxidation sites excluding steroid dienone is 1. The van der Waals surface area contributed by atoms with Gasteiger partial charge in [-0.05, 0) is 71.4 Å². The van der Waals surface area contributed by atoms with Crippen LogP contribution < -0.4 is 15.4 Å². The fourth-order valence-electron chi connectivity index (χ4n) is 5.50. The Balaban J connectivity index is 1.58. The number of rotatable bonds is 4. The molecule has 236 valence electrons. The van der Waals surface area contributed by atoms with E-state index in [0.717, 1.165) is 18.9 Å². The molecule has 1 aromatic carbocycles. The van der Waals surface area contributed by atoms with Crippen LogP contribution in [0.25, 0.3) is 0 Å². The van der Waals surface area contributed by atoms with Crippen molar-refractivity contribution in [2.45, 2.75) is 100 Å². The molecule has 4 amide bonds. The largest absolute Gasteiger partial charge is 0.444 e. The van der Waals surface area contributed by atoms with E-state index in [2.05, 4.69) is 10.6 Å². The molecule has 1 saturated carbocycles. The normalized spacial score (nSPS) is 27.5. The van der Waals surface area contributed by atoms with E-state index in [1.165, 1.54) is 17.0 Å². The second kappa shape index (κ2) is 12.8. The summed E-state index contributed by atoms with van der Waals surface area (Å²) in [5.74, 6) is -3.77. The zero-order valence-corrected chi connectivity index (χ0v) is 26.0. The maximum Gasteiger partial charge on any atom is 0.408 e. The average Bonchev–Trinajstić information content (AvgIpc) is 3.36. The first-order valence-corrected chi connectivity index (χ1v) is 16.3. The standard InChI is InChI=1S/C29H38ClFN4O7S/c1-28(2,3)42-27(39)32-20-13-8-6-4-5-7-11-18-17-29(18,33-24(36)21-14-10-16-35(21)25(20)37)26(38)34-43(40,41)22-15-9-12-19(30)23(22)31/h7,9,11-12,15,18,20-21H,4-6,8,10,13-14,16-17H2,1-3H3,(H,32,39)(H,33,36)(H,34,38)/b11-7-/t18-,20?,21+,29-/m1/s1. The number of carbonyl (C=O) groups is 4. The molecule has 2 aliphatic heterocycles. The molecule has 0 radical (unpaired) electrons. The van der Waals surface area contributed by atoms with Crippen molar-refractivity contribution < 1.29 is 36.7 Å². The number of nitrogens with one attached hydrogen (secondary N) is 3. The van der Waals surface area contributed by atoms with E-state index < -0.39 is 78.7 Å². The van der Waals surface area contributed by atoms with E-state index in [1.807, 2.05) is 10.8 Å². The maximum atomic E-state index is 14.5. The van der Waals surface area contributed by atoms with Crippen LogP contribution >= 0.6 is 11.6 Å². The van der Waals surface area contributed by atoms with Crippen molar-refractivity contribution in [2.75, 3.05) is 6.54 Å². The van der Waals surface area contributed by atoms with Gasteiger partial charge in [0, 0.05) is 12.5 Å². The van der Waals surface area contributed by atoms with Crippen molar-refractivity contribution in [1.82, 2.24) is 20.3 Å². The third-order valence-electron chi connectivity index (χ3n) is 7.76. The first-order chi connectivity index (χ1) is 20.1. The molecule has 0 bridgehead atoms. The van der Waals surface area contributed by atoms with Gasteiger partial charge in [-0.25, -0.2) is 22.3 Å². The third-order valence-corrected chi connectivity index (χ3v) is 9.40. The summed E-state index contributed by atoms with van der Waals surface area (Å²) < 4.78 is 47.8. The molecule has 1 aliphatic carbocycles. The van der Waals surface area contributed by atoms with Crippen LogP contribution in [-0.2, 0) is 29.1 Å². The van der Waals surface area contributed by atoms with Gasteiger partial charge in [0.25, 0.3) is 15.9 Å². The van der Waals surface area contributed by atoms with E-state index in [9.17, 15) is 32.0 Å². The van der Waals surface area contributed by atoms with Crippen molar-refractivity contribution >= 4 is 45.4 Å². The molecule has 43 heavy (non-hydrogen) atoms. The summed E-state index contributed by atoms with van der Waals surface area (Å²) in [6.07, 6.45) is 7.09. The van der Waals surface area contributed by atoms with Crippen molar-refractivity contribution in [3.8, 4) is 0 Å². The van der Waals surface area contributed by atoms with E-state index in [4.69, 9.17) is 16.3 Å². The maximum absolute atomic E-state index is 14.5. The van der Waals surface area contributed by atoms with E-state index in [0.29, 0.717) is 32.1 Å². The number of alkyl carbamates (subject to hydrolysis) is 1. The molecule has 0 spiro atoms. The second-order valence-electron chi connectivity index (χ2n) is 12.2. The number of halogens is 2. The van der Waals surface area contributed by atoms with Gasteiger partial charge in [0.1, 0.15) is 28.1 Å². The van der Waals surface area contributed by atoms with Crippen LogP contribution in [0.3, 0.4) is 0 Å². The molecule has 1 aromatic rings. The Morgan fingerprint density at radius 1 is 1.14 bits per heavy atom. The molecular formula is C29H38ClFN4O7S. The minimum Gasteiger partial charge on any atom is -0.444 e. The van der Waals surface area contributed by atoms with Crippen LogP contribution in [0.15, 0.2) is 35.2 Å². The number of fused-ring (bicyclic) bond motifs is 2. The molecule has 1 saturated heterocycles. The summed E-state index contributed by atoms with van der Waals surface area (Å²) >= 11 is 5.75. The number of hydrogen-bond acceptors (Lipinski definition) is 7. The second-order valence-corrected chi connectivity index (χ2v) is 14.3. The highest BCUT2D eigenvalue weighted by Gasteiger charge is 2.61. The Kier molecular flexibility index (Phi) is 9.75. The third kappa shape index (κ3) is 7.67. The highest BCUT2D eigenvalue weighted by Crippen LogP contribution is 2.46. The van der Waals surface area contributed by atoms with Gasteiger partial charge in [-0.15, -0.1) is 0 Å². The number of carbonyl (C=O) groups excluding carboxylic acids is 4. The zero-order chi connectivity index (χ0) is 31.6. The summed E-state index contributed by atoms with van der Waals surface area (Å²) in [7, 11) is -4.67. The number of benzene rings is 1. The highest BCUT2D eigenvalue weighted by molar-refractivity contribution is 7.90. The lowest BCUT2D eigenvalue weighted by atomic mass is 10.0. The fourth-order valence-corrected chi connectivity index (χ4v) is 6.87. The number of hydrogen-bond donors (Lipinski definition) is 3. The molecule has 2 fully saturated rings. The van der Waals surface area contributed by atoms with Gasteiger partial charge < -0.3 is 20.3 Å². The number of ether oxygens (including phenoxy) is 1. The van der Waals surface area contributed by atoms with E-state index in [-0.39, 0.29) is 13.0 Å². The van der Waals surface area contributed by atoms with Crippen molar-refractivity contribution in [3.63, 3.8) is 0 Å². The molecule has 14 heteroatoms. The summed E-state index contributed by atoms with van der Waals surface area (Å²) in [6.45, 7) is 5.42. The lowest BCUT2D eigenvalue weighted by molar-refractivity contribution is -0.141. The Morgan fingerprint density at radius 2 is 1.88 bits per heavy atom. The molecule has 11 nitrogen and oxygen atoms in total. The van der Waals surface area contributed by atoms with Gasteiger partial charge in [-0.2, -0.15) is 0 Å². The summed E-state index contributed by atoms with van der Waals surface area (Å²) in [6, 6.07) is 1.57. The SMILES string of the molecule is CC(C)(C)OC(=O)NC1CCCCC/C=C\[C@@H]2C[C@@]2(C(=O)NS(=O)(=O)c2cccc(Cl)c2F)NC(=O)[C@@H]2CCCN2C1=O. The monoisotopic (exact) mass is 640 g/mol. The Labute approximate surface area is 256 Å². The number of nitrogens with zero attached hydrogens (tertiary/aromatic N) is 1. The molecule has 4 atom stereocenters. The lowest BCUT2D eigenvalue weighted by Gasteiger charge is -2.30. The first-order valence-electron chi connectivity index (χ1n) is 14.4. The fraction of sp³-hybridized carbons (Fsp3) is 0.586. The van der Waals surface area contributed by atoms with Crippen LogP contribution in [0, 0.1) is 11.7 Å². The Hall–Kier alpha value is -3.19. The minimum atomic E-state index is -4.67. The van der Waals surface area contributed by atoms with E-state index in [1.54, 1.807) is 26.8 Å². The van der Waals surface area contributed by atoms with Crippen LogP contribution in [0.1, 0.15) is 72.1 Å². The summed E-state index contributed by atoms with van der Waals surface area (Å²) in [5.41, 5.74) is -2.38. The topological polar surface area (TPSA) is 151 Å². The highest BCUT2D eigenvalue weighted by atomic mass is 35.5. The Morgan fingerprint density at radius 3 is 2.60 bits per heavy atom. The summed E-state index contributed by atoms with van der Waals surface area (Å²) in [4.78, 5) is 54.0. The average molecular weight is 641 g/mol. The number of sulfonamides is 1. The minimum absolute atomic E-state index is 0.123. The molecular weight excluding hydrogens is 603 g/mol. The predicted molar refractivity (Wildman–Crippen MR) is 156 cm³/mol. The van der Waals surface area contributed by atoms with Crippen LogP contribution in [0.2, 0.25) is 5.02 Å². The zero-order valence-electron chi connectivity index (χ0n) is 24.5. The Bertz CT molecular complexity index is 1410. The number of amides is 4. The molecule has 3 N–H and O–H groups in total. The molecule has 0 aromatic heterocycles. The summed E-state index contributed by atoms with van der Waals surface area (Å²) in [5, 5.41) is 4.97. The van der Waals surface area contributed by atoms with Crippen LogP contribution in [0.4, 0.5) is 9.18 Å². The van der Waals surface area contributed by atoms with Crippen molar-refractivity contribution in [3.05, 3.63) is 41.2 Å². The van der Waals surface area contributed by atoms with Gasteiger partial charge in [-0.1, -0.05) is 42.7 Å². The van der Waals surface area contributed by atoms with Gasteiger partial charge in [0.2, 0.25) is 11.8 Å².